The molecule has 0 fully saturated rings. The molecule has 0 heterocycles. The van der Waals surface area contributed by atoms with Crippen LogP contribution in [0.4, 0.5) is 0 Å². The summed E-state index contributed by atoms with van der Waals surface area (Å²) in [5.41, 5.74) is 0. The van der Waals surface area contributed by atoms with Crippen molar-refractivity contribution in [3.63, 3.8) is 0 Å². The van der Waals surface area contributed by atoms with Gasteiger partial charge in [-0.25, -0.2) is 0 Å². The van der Waals surface area contributed by atoms with Gasteiger partial charge in [0.1, 0.15) is 0 Å². The van der Waals surface area contributed by atoms with E-state index in [9.17, 15) is 0 Å². The molecule has 0 aromatic rings. The molecule has 0 radical (unpaired) electrons. The zero-order chi connectivity index (χ0) is 8.53. The van der Waals surface area contributed by atoms with Crippen LogP contribution in [0, 0.1) is 0 Å². The summed E-state index contributed by atoms with van der Waals surface area (Å²) >= 11 is 0. The van der Waals surface area contributed by atoms with Gasteiger partial charge in [0, 0.05) is 20.1 Å². The molecule has 0 unspecified atom stereocenters. The van der Waals surface area contributed by atoms with E-state index in [1.807, 2.05) is 19.0 Å². The molecule has 0 saturated heterocycles. The van der Waals surface area contributed by atoms with Crippen molar-refractivity contribution in [3.8, 4) is 0 Å². The van der Waals surface area contributed by atoms with Crippen LogP contribution in [0.15, 0.2) is 12.8 Å². The topological polar surface area (TPSA) is 24.5 Å². The van der Waals surface area contributed by atoms with Crippen LogP contribution in [0.5, 0.6) is 0 Å². The highest BCUT2D eigenvalue weighted by molar-refractivity contribution is 4.65. The first-order valence-corrected chi connectivity index (χ1v) is 3.86. The first-order chi connectivity index (χ1) is 5.31. The van der Waals surface area contributed by atoms with Gasteiger partial charge in [-0.3, -0.25) is 0 Å². The lowest BCUT2D eigenvalue weighted by molar-refractivity contribution is 0.124. The molecular weight excluding hydrogens is 140 g/mol. The van der Waals surface area contributed by atoms with Crippen LogP contribution >= 0.6 is 0 Å². The second-order valence-corrected chi connectivity index (χ2v) is 2.38. The molecule has 0 aliphatic heterocycles. The normalized spacial score (nSPS) is 9.64. The molecule has 0 aromatic carbocycles. The largest absolute Gasteiger partial charge is 0.379 e. The molecule has 3 heteroatoms. The van der Waals surface area contributed by atoms with Gasteiger partial charge in [0.2, 0.25) is 0 Å². The van der Waals surface area contributed by atoms with Crippen LogP contribution in [0.1, 0.15) is 0 Å². The summed E-state index contributed by atoms with van der Waals surface area (Å²) in [5, 5.41) is 3.01. The molecule has 66 valence electrons. The van der Waals surface area contributed by atoms with E-state index in [0.717, 1.165) is 26.3 Å². The number of likely N-dealkylation sites (N-methyl/N-ethyl adjacent to an activating group) is 2. The summed E-state index contributed by atoms with van der Waals surface area (Å²) in [5.74, 6) is 0. The quantitative estimate of drug-likeness (QED) is 0.539. The maximum Gasteiger partial charge on any atom is 0.0641 e. The summed E-state index contributed by atoms with van der Waals surface area (Å²) in [6.45, 7) is 7.01. The predicted octanol–water partition coefficient (Wildman–Crippen LogP) is 0.298. The average Bonchev–Trinajstić information content (AvgIpc) is 2.04. The minimum Gasteiger partial charge on any atom is -0.379 e. The third-order valence-corrected chi connectivity index (χ3v) is 1.40. The Labute approximate surface area is 69.0 Å². The second kappa shape index (κ2) is 7.57. The Bertz CT molecular complexity index is 96.1. The fraction of sp³-hybridized carbons (Fsp3) is 0.750. The molecule has 0 aromatic heterocycles. The highest BCUT2D eigenvalue weighted by atomic mass is 16.5. The van der Waals surface area contributed by atoms with Crippen molar-refractivity contribution in [3.05, 3.63) is 12.8 Å². The predicted molar refractivity (Wildman–Crippen MR) is 47.6 cm³/mol. The Morgan fingerprint density at radius 1 is 1.55 bits per heavy atom. The Morgan fingerprint density at radius 3 is 2.82 bits per heavy atom. The Hall–Kier alpha value is -0.540. The maximum absolute atomic E-state index is 5.29. The van der Waals surface area contributed by atoms with Crippen LogP contribution < -0.4 is 5.32 Å². The smallest absolute Gasteiger partial charge is 0.0641 e. The Kier molecular flexibility index (Phi) is 7.19. The minimum atomic E-state index is 0.768. The van der Waals surface area contributed by atoms with E-state index in [0.29, 0.717) is 0 Å². The lowest BCUT2D eigenvalue weighted by atomic mass is 10.6. The van der Waals surface area contributed by atoms with Crippen LogP contribution in [-0.4, -0.2) is 45.3 Å². The molecule has 0 rings (SSSR count). The second-order valence-electron chi connectivity index (χ2n) is 2.38. The Balaban J connectivity index is 2.95. The van der Waals surface area contributed by atoms with Gasteiger partial charge in [-0.05, 0) is 13.2 Å². The molecule has 0 spiro atoms. The van der Waals surface area contributed by atoms with Crippen molar-refractivity contribution >= 4 is 0 Å². The number of hydrogen-bond donors (Lipinski definition) is 1. The number of nitrogens with zero attached hydrogens (tertiary/aromatic N) is 1. The average molecular weight is 158 g/mol. The summed E-state index contributed by atoms with van der Waals surface area (Å²) in [6, 6.07) is 0. The molecule has 0 aliphatic rings. The van der Waals surface area contributed by atoms with E-state index < -0.39 is 0 Å². The van der Waals surface area contributed by atoms with Crippen molar-refractivity contribution in [2.24, 2.45) is 0 Å². The molecule has 0 atom stereocenters. The molecule has 0 aliphatic carbocycles. The summed E-state index contributed by atoms with van der Waals surface area (Å²) in [6.07, 6.45) is 1.79. The standard InChI is InChI=1S/C8H18N2O/c1-4-10(3)6-8-11-7-5-9-2/h4,9H,1,5-8H2,2-3H3. The zero-order valence-electron chi connectivity index (χ0n) is 7.47. The fourth-order valence-electron chi connectivity index (χ4n) is 0.576. The lowest BCUT2D eigenvalue weighted by Crippen LogP contribution is -2.20. The van der Waals surface area contributed by atoms with Gasteiger partial charge in [0.15, 0.2) is 0 Å². The van der Waals surface area contributed by atoms with Crippen LogP contribution in [0.25, 0.3) is 0 Å². The van der Waals surface area contributed by atoms with Crippen LogP contribution in [0.2, 0.25) is 0 Å². The molecule has 0 saturated carbocycles. The number of rotatable bonds is 7. The van der Waals surface area contributed by atoms with E-state index in [2.05, 4.69) is 11.9 Å². The first kappa shape index (κ1) is 10.5. The highest BCUT2D eigenvalue weighted by Gasteiger charge is 1.89. The van der Waals surface area contributed by atoms with E-state index in [1.165, 1.54) is 0 Å². The first-order valence-electron chi connectivity index (χ1n) is 3.86. The van der Waals surface area contributed by atoms with Crippen molar-refractivity contribution in [2.45, 2.75) is 0 Å². The van der Waals surface area contributed by atoms with Crippen molar-refractivity contribution < 1.29 is 4.74 Å². The van der Waals surface area contributed by atoms with Crippen LogP contribution in [0.3, 0.4) is 0 Å². The van der Waals surface area contributed by atoms with Gasteiger partial charge in [-0.15, -0.1) is 0 Å². The van der Waals surface area contributed by atoms with Crippen LogP contribution in [-0.2, 0) is 4.74 Å². The summed E-state index contributed by atoms with van der Waals surface area (Å²) in [4.78, 5) is 2.00. The third-order valence-electron chi connectivity index (χ3n) is 1.40. The number of ether oxygens (including phenoxy) is 1. The number of hydrogen-bond acceptors (Lipinski definition) is 3. The van der Waals surface area contributed by atoms with Gasteiger partial charge >= 0.3 is 0 Å². The summed E-state index contributed by atoms with van der Waals surface area (Å²) in [7, 11) is 3.90. The number of nitrogens with one attached hydrogen (secondary N) is 1. The molecule has 11 heavy (non-hydrogen) atoms. The Morgan fingerprint density at radius 2 is 2.27 bits per heavy atom. The SMILES string of the molecule is C=CN(C)CCOCCNC. The van der Waals surface area contributed by atoms with Gasteiger partial charge in [0.05, 0.1) is 13.2 Å². The van der Waals surface area contributed by atoms with Gasteiger partial charge in [0.25, 0.3) is 0 Å². The highest BCUT2D eigenvalue weighted by Crippen LogP contribution is 1.81. The van der Waals surface area contributed by atoms with Gasteiger partial charge in [-0.1, -0.05) is 6.58 Å². The van der Waals surface area contributed by atoms with Crippen molar-refractivity contribution in [1.82, 2.24) is 10.2 Å². The molecule has 0 bridgehead atoms. The molecular formula is C8H18N2O. The lowest BCUT2D eigenvalue weighted by Gasteiger charge is -2.12. The minimum absolute atomic E-state index is 0.768. The van der Waals surface area contributed by atoms with E-state index >= 15 is 0 Å². The van der Waals surface area contributed by atoms with Gasteiger partial charge < -0.3 is 15.0 Å². The third kappa shape index (κ3) is 7.36. The van der Waals surface area contributed by atoms with Crippen molar-refractivity contribution in [2.75, 3.05) is 40.4 Å². The maximum atomic E-state index is 5.29. The van der Waals surface area contributed by atoms with Crippen molar-refractivity contribution in [1.29, 1.82) is 0 Å². The van der Waals surface area contributed by atoms with E-state index in [1.54, 1.807) is 6.20 Å². The molecule has 3 nitrogen and oxygen atoms in total. The molecule has 0 amide bonds. The summed E-state index contributed by atoms with van der Waals surface area (Å²) < 4.78 is 5.29. The monoisotopic (exact) mass is 158 g/mol. The fourth-order valence-corrected chi connectivity index (χ4v) is 0.576. The van der Waals surface area contributed by atoms with E-state index in [-0.39, 0.29) is 0 Å². The molecule has 1 N–H and O–H groups in total. The van der Waals surface area contributed by atoms with Gasteiger partial charge in [-0.2, -0.15) is 0 Å². The zero-order valence-corrected chi connectivity index (χ0v) is 7.47. The van der Waals surface area contributed by atoms with E-state index in [4.69, 9.17) is 4.74 Å².